The van der Waals surface area contributed by atoms with Crippen LogP contribution in [0.25, 0.3) is 11.0 Å². The molecule has 2 aromatic carbocycles. The number of hydrogen-bond acceptors (Lipinski definition) is 6. The number of benzene rings is 2. The van der Waals surface area contributed by atoms with Crippen LogP contribution in [0.15, 0.2) is 65.8 Å². The first-order valence-corrected chi connectivity index (χ1v) is 10.1. The highest BCUT2D eigenvalue weighted by atomic mass is 35.5. The van der Waals surface area contributed by atoms with Crippen LogP contribution in [0, 0.1) is 0 Å². The number of fused-ring (bicyclic) bond motifs is 1. The third-order valence-corrected chi connectivity index (χ3v) is 5.41. The lowest BCUT2D eigenvalue weighted by molar-refractivity contribution is 0.601. The van der Waals surface area contributed by atoms with Crippen LogP contribution in [-0.2, 0) is 17.1 Å². The molecule has 0 aliphatic rings. The summed E-state index contributed by atoms with van der Waals surface area (Å²) in [5.74, 6) is 0.330. The van der Waals surface area contributed by atoms with E-state index in [0.29, 0.717) is 21.7 Å². The zero-order valence-corrected chi connectivity index (χ0v) is 16.2. The predicted octanol–water partition coefficient (Wildman–Crippen LogP) is 3.56. The lowest BCUT2D eigenvalue weighted by Gasteiger charge is -2.13. The second-order valence-electron chi connectivity index (χ2n) is 6.00. The first-order chi connectivity index (χ1) is 13.4. The van der Waals surface area contributed by atoms with Crippen molar-refractivity contribution in [3.8, 4) is 0 Å². The second kappa shape index (κ2) is 7.10. The topological polar surface area (TPSA) is 102 Å². The van der Waals surface area contributed by atoms with Crippen molar-refractivity contribution in [1.82, 2.24) is 19.7 Å². The number of nitrogens with one attached hydrogen (secondary N) is 2. The molecule has 2 aromatic heterocycles. The van der Waals surface area contributed by atoms with E-state index in [1.54, 1.807) is 49.5 Å². The summed E-state index contributed by atoms with van der Waals surface area (Å²) < 4.78 is 29.4. The Labute approximate surface area is 166 Å². The minimum absolute atomic E-state index is 0.0265. The highest BCUT2D eigenvalue weighted by Crippen LogP contribution is 2.27. The molecular weight excluding hydrogens is 400 g/mol. The molecule has 2 N–H and O–H groups in total. The summed E-state index contributed by atoms with van der Waals surface area (Å²) >= 11 is 6.04. The van der Waals surface area contributed by atoms with Crippen molar-refractivity contribution < 1.29 is 8.42 Å². The number of aryl methyl sites for hydroxylation is 1. The quantitative estimate of drug-likeness (QED) is 0.517. The van der Waals surface area contributed by atoms with E-state index in [9.17, 15) is 8.42 Å². The van der Waals surface area contributed by atoms with Gasteiger partial charge in [0.1, 0.15) is 4.90 Å². The van der Waals surface area contributed by atoms with Gasteiger partial charge in [-0.05, 0) is 30.3 Å². The van der Waals surface area contributed by atoms with Gasteiger partial charge in [-0.1, -0.05) is 29.8 Å². The van der Waals surface area contributed by atoms with E-state index in [-0.39, 0.29) is 16.5 Å². The van der Waals surface area contributed by atoms with Gasteiger partial charge in [0.25, 0.3) is 10.0 Å². The summed E-state index contributed by atoms with van der Waals surface area (Å²) in [7, 11) is -2.25. The molecule has 10 heteroatoms. The maximum atomic E-state index is 12.7. The van der Waals surface area contributed by atoms with Crippen LogP contribution in [-0.4, -0.2) is 28.2 Å². The molecule has 0 fully saturated rings. The van der Waals surface area contributed by atoms with Gasteiger partial charge >= 0.3 is 0 Å². The van der Waals surface area contributed by atoms with Crippen molar-refractivity contribution in [3.63, 3.8) is 0 Å². The minimum atomic E-state index is -3.89. The van der Waals surface area contributed by atoms with Crippen molar-refractivity contribution in [2.45, 2.75) is 4.90 Å². The first kappa shape index (κ1) is 18.2. The smallest absolute Gasteiger partial charge is 0.266 e. The summed E-state index contributed by atoms with van der Waals surface area (Å²) in [4.78, 5) is 8.98. The Bertz CT molecular complexity index is 1270. The molecule has 0 saturated carbocycles. The lowest BCUT2D eigenvalue weighted by Crippen LogP contribution is -2.15. The standard InChI is InChI=1S/C18H15ClN6O2S/c1-25-11-14(10-20-25)28(26,27)24-18-17(21-13-6-4-5-12(19)9-13)22-15-7-2-3-8-16(15)23-18/h2-11H,1H3,(H,21,22)(H,23,24). The molecule has 0 saturated heterocycles. The van der Waals surface area contributed by atoms with E-state index in [4.69, 9.17) is 11.6 Å². The molecule has 2 heterocycles. The number of nitrogens with zero attached hydrogens (tertiary/aromatic N) is 4. The number of aromatic nitrogens is 4. The van der Waals surface area contributed by atoms with Crippen LogP contribution in [0.4, 0.5) is 17.3 Å². The van der Waals surface area contributed by atoms with E-state index in [1.807, 2.05) is 6.07 Å². The Kier molecular flexibility index (Phi) is 4.62. The van der Waals surface area contributed by atoms with Crippen LogP contribution in [0.5, 0.6) is 0 Å². The van der Waals surface area contributed by atoms with Crippen molar-refractivity contribution in [1.29, 1.82) is 0 Å². The molecule has 0 bridgehead atoms. The summed E-state index contributed by atoms with van der Waals surface area (Å²) in [5.41, 5.74) is 1.83. The number of halogens is 1. The average Bonchev–Trinajstić information content (AvgIpc) is 3.09. The fourth-order valence-corrected chi connectivity index (χ4v) is 3.77. The average molecular weight is 415 g/mol. The van der Waals surface area contributed by atoms with E-state index < -0.39 is 10.0 Å². The molecule has 0 amide bonds. The molecule has 0 radical (unpaired) electrons. The van der Waals surface area contributed by atoms with Gasteiger partial charge < -0.3 is 5.32 Å². The summed E-state index contributed by atoms with van der Waals surface area (Å²) in [6.45, 7) is 0. The van der Waals surface area contributed by atoms with Crippen molar-refractivity contribution >= 4 is 50.0 Å². The Hall–Kier alpha value is -3.17. The van der Waals surface area contributed by atoms with Gasteiger partial charge in [0.15, 0.2) is 11.6 Å². The molecule has 4 rings (SSSR count). The fourth-order valence-electron chi connectivity index (χ4n) is 2.59. The van der Waals surface area contributed by atoms with Gasteiger partial charge in [0.2, 0.25) is 0 Å². The largest absolute Gasteiger partial charge is 0.337 e. The van der Waals surface area contributed by atoms with Crippen molar-refractivity contribution in [2.24, 2.45) is 7.05 Å². The number of rotatable bonds is 5. The molecule has 142 valence electrons. The van der Waals surface area contributed by atoms with Crippen LogP contribution >= 0.6 is 11.6 Å². The Morgan fingerprint density at radius 2 is 1.71 bits per heavy atom. The van der Waals surface area contributed by atoms with Gasteiger partial charge in [0.05, 0.1) is 17.2 Å². The zero-order chi connectivity index (χ0) is 19.7. The monoisotopic (exact) mass is 414 g/mol. The molecule has 0 atom stereocenters. The second-order valence-corrected chi connectivity index (χ2v) is 8.12. The summed E-state index contributed by atoms with van der Waals surface area (Å²) in [6.07, 6.45) is 2.67. The van der Waals surface area contributed by atoms with E-state index in [1.165, 1.54) is 17.1 Å². The van der Waals surface area contributed by atoms with Gasteiger partial charge in [0, 0.05) is 24.0 Å². The summed E-state index contributed by atoms with van der Waals surface area (Å²) in [6, 6.07) is 14.2. The molecule has 0 aliphatic heterocycles. The highest BCUT2D eigenvalue weighted by molar-refractivity contribution is 7.92. The minimum Gasteiger partial charge on any atom is -0.337 e. The number of para-hydroxylation sites is 2. The van der Waals surface area contributed by atoms with Crippen LogP contribution in [0.1, 0.15) is 0 Å². The van der Waals surface area contributed by atoms with Gasteiger partial charge in [-0.3, -0.25) is 9.40 Å². The first-order valence-electron chi connectivity index (χ1n) is 8.21. The SMILES string of the molecule is Cn1cc(S(=O)(=O)Nc2nc3ccccc3nc2Nc2cccc(Cl)c2)cn1. The molecule has 8 nitrogen and oxygen atoms in total. The van der Waals surface area contributed by atoms with Crippen LogP contribution in [0.3, 0.4) is 0 Å². The molecule has 0 unspecified atom stereocenters. The maximum absolute atomic E-state index is 12.7. The molecule has 0 spiro atoms. The third-order valence-electron chi connectivity index (χ3n) is 3.88. The Morgan fingerprint density at radius 1 is 1.00 bits per heavy atom. The predicted molar refractivity (Wildman–Crippen MR) is 108 cm³/mol. The number of hydrogen-bond donors (Lipinski definition) is 2. The van der Waals surface area contributed by atoms with E-state index >= 15 is 0 Å². The fraction of sp³-hybridized carbons (Fsp3) is 0.0556. The van der Waals surface area contributed by atoms with Crippen molar-refractivity contribution in [2.75, 3.05) is 10.0 Å². The highest BCUT2D eigenvalue weighted by Gasteiger charge is 2.20. The summed E-state index contributed by atoms with van der Waals surface area (Å²) in [5, 5.41) is 7.52. The van der Waals surface area contributed by atoms with Gasteiger partial charge in [-0.15, -0.1) is 0 Å². The molecule has 28 heavy (non-hydrogen) atoms. The van der Waals surface area contributed by atoms with Crippen LogP contribution < -0.4 is 10.0 Å². The Morgan fingerprint density at radius 3 is 2.36 bits per heavy atom. The lowest BCUT2D eigenvalue weighted by atomic mass is 10.3. The zero-order valence-electron chi connectivity index (χ0n) is 14.7. The van der Waals surface area contributed by atoms with E-state index in [0.717, 1.165) is 0 Å². The number of sulfonamides is 1. The number of anilines is 3. The maximum Gasteiger partial charge on any atom is 0.266 e. The normalized spacial score (nSPS) is 11.5. The third kappa shape index (κ3) is 3.75. The molecule has 4 aromatic rings. The Balaban J connectivity index is 1.79. The van der Waals surface area contributed by atoms with Crippen LogP contribution in [0.2, 0.25) is 5.02 Å². The molecular formula is C18H15ClN6O2S. The van der Waals surface area contributed by atoms with Crippen molar-refractivity contribution in [3.05, 3.63) is 65.9 Å². The van der Waals surface area contributed by atoms with Gasteiger partial charge in [-0.25, -0.2) is 18.4 Å². The molecule has 0 aliphatic carbocycles. The van der Waals surface area contributed by atoms with Gasteiger partial charge in [-0.2, -0.15) is 5.10 Å². The van der Waals surface area contributed by atoms with E-state index in [2.05, 4.69) is 25.1 Å².